The number of carbonyl (C=O) groups is 2. The minimum absolute atomic E-state index is 0. The van der Waals surface area contributed by atoms with Gasteiger partial charge in [0.05, 0.1) is 12.4 Å². The molecule has 0 bridgehead atoms. The van der Waals surface area contributed by atoms with Crippen molar-refractivity contribution in [2.45, 2.75) is 274 Å². The molecule has 14 N–H and O–H groups in total. The fourth-order valence-electron chi connectivity index (χ4n) is 4.74. The van der Waals surface area contributed by atoms with E-state index in [9.17, 15) is 9.59 Å². The number of phenols is 1. The number of para-hydroxylation sites is 1. The fraction of sp³-hybridized carbons (Fsp3) is 0.644. The number of hydrogen-bond donors (Lipinski definition) is 11. The average Bonchev–Trinajstić information content (AvgIpc) is 4.18. The first-order valence-electron chi connectivity index (χ1n) is 29.6. The second kappa shape index (κ2) is 114. The van der Waals surface area contributed by atoms with Crippen LogP contribution >= 0.6 is 24.4 Å². The third-order valence-corrected chi connectivity index (χ3v) is 10.3. The molecule has 14 nitrogen and oxygen atoms in total. The number of rotatable bonds is 14. The van der Waals surface area contributed by atoms with E-state index in [1.165, 1.54) is 64.7 Å². The number of imidazole rings is 1. The number of carbonyl (C=O) groups excluding carboxylic acids is 1. The SMILES string of the molecule is C.C.C.C.C.C.C.C.CCC.CCC(=O)O.CCC(CC)CC.CCC(N)=O.CCC(O)CC.CCCN=C(N)N.CCN.CCO.CCS.CCSC.CCc1c[nH]c2ccccc12.CCc1ccc(O)cc1.CCc1ccccc1.CCc1cnc[nH]1. The molecule has 0 atom stereocenters. The predicted molar refractivity (Wildman–Crippen MR) is 419 cm³/mol. The highest BCUT2D eigenvalue weighted by Crippen LogP contribution is 2.17. The van der Waals surface area contributed by atoms with Gasteiger partial charge in [0.15, 0.2) is 5.96 Å². The van der Waals surface area contributed by atoms with Crippen molar-refractivity contribution in [3.63, 3.8) is 0 Å². The highest BCUT2D eigenvalue weighted by molar-refractivity contribution is 7.98. The molecule has 3 aromatic carbocycles. The molecule has 0 radical (unpaired) electrons. The van der Waals surface area contributed by atoms with Crippen molar-refractivity contribution < 1.29 is 30.0 Å². The molecular weight excluding hydrogens is 1150 g/mol. The van der Waals surface area contributed by atoms with Gasteiger partial charge in [0.1, 0.15) is 5.75 Å². The van der Waals surface area contributed by atoms with Crippen LogP contribution in [0.5, 0.6) is 5.75 Å². The summed E-state index contributed by atoms with van der Waals surface area (Å²) in [6, 6.07) is 26.1. The number of nitrogens with two attached hydrogens (primary N) is 4. The second-order valence-electron chi connectivity index (χ2n) is 16.8. The number of aromatic nitrogens is 3. The van der Waals surface area contributed by atoms with Gasteiger partial charge in [-0.25, -0.2) is 4.98 Å². The molecule has 0 spiro atoms. The van der Waals surface area contributed by atoms with E-state index in [-0.39, 0.29) is 90.4 Å². The normalized spacial score (nSPS) is 7.92. The van der Waals surface area contributed by atoms with Gasteiger partial charge in [-0.2, -0.15) is 24.4 Å². The number of thiol groups is 1. The molecule has 0 aliphatic rings. The number of aryl methyl sites for hydroxylation is 4. The number of amides is 1. The zero-order valence-corrected chi connectivity index (χ0v) is 56.5. The van der Waals surface area contributed by atoms with Gasteiger partial charge in [0, 0.05) is 55.0 Å². The number of thioether (sulfide) groups is 1. The van der Waals surface area contributed by atoms with Gasteiger partial charge in [0.25, 0.3) is 0 Å². The number of H-pyrrole nitrogens is 2. The molecule has 2 aromatic heterocycles. The highest BCUT2D eigenvalue weighted by Gasteiger charge is 1.98. The number of aliphatic hydroxyl groups is 2. The van der Waals surface area contributed by atoms with Crippen LogP contribution in [0.15, 0.2) is 103 Å². The smallest absolute Gasteiger partial charge is 0.303 e. The summed E-state index contributed by atoms with van der Waals surface area (Å²) in [6.45, 7) is 38.3. The number of aliphatic carboxylic acids is 1. The molecule has 2 heterocycles. The number of aliphatic imine (C=N–C) groups is 1. The monoisotopic (exact) mass is 1310 g/mol. The Morgan fingerprint density at radius 2 is 0.989 bits per heavy atom. The van der Waals surface area contributed by atoms with Gasteiger partial charge in [-0.15, -0.1) is 0 Å². The molecule has 5 aromatic rings. The molecule has 0 aliphatic carbocycles. The molecule has 0 unspecified atom stereocenters. The predicted octanol–water partition coefficient (Wildman–Crippen LogP) is 20.7. The van der Waals surface area contributed by atoms with Crippen LogP contribution in [0.3, 0.4) is 0 Å². The van der Waals surface area contributed by atoms with Crippen molar-refractivity contribution in [1.29, 1.82) is 0 Å². The highest BCUT2D eigenvalue weighted by atomic mass is 32.2. The van der Waals surface area contributed by atoms with Crippen molar-refractivity contribution >= 4 is 53.1 Å². The molecule has 89 heavy (non-hydrogen) atoms. The van der Waals surface area contributed by atoms with Crippen molar-refractivity contribution in [3.8, 4) is 5.75 Å². The Balaban J connectivity index is -0.0000000423. The first kappa shape index (κ1) is 129. The molecule has 0 aliphatic heterocycles. The lowest BCUT2D eigenvalue weighted by Gasteiger charge is -2.05. The second-order valence-corrected chi connectivity index (χ2v) is 18.5. The van der Waals surface area contributed by atoms with E-state index >= 15 is 0 Å². The number of nitrogens with one attached hydrogen (secondary N) is 2. The maximum atomic E-state index is 9.59. The third kappa shape index (κ3) is 121. The minimum atomic E-state index is -0.745. The summed E-state index contributed by atoms with van der Waals surface area (Å²) < 4.78 is 0. The van der Waals surface area contributed by atoms with E-state index < -0.39 is 5.97 Å². The summed E-state index contributed by atoms with van der Waals surface area (Å²) >= 11 is 5.65. The van der Waals surface area contributed by atoms with Crippen LogP contribution in [0.2, 0.25) is 0 Å². The first-order chi connectivity index (χ1) is 38.6. The lowest BCUT2D eigenvalue weighted by molar-refractivity contribution is -0.136. The number of fused-ring (bicyclic) bond motifs is 1. The maximum Gasteiger partial charge on any atom is 0.303 e. The average molecular weight is 1310 g/mol. The van der Waals surface area contributed by atoms with E-state index in [1.54, 1.807) is 39.2 Å². The number of aromatic amines is 2. The van der Waals surface area contributed by atoms with E-state index in [2.05, 4.69) is 169 Å². The van der Waals surface area contributed by atoms with Crippen LogP contribution in [0, 0.1) is 5.92 Å². The van der Waals surface area contributed by atoms with Crippen LogP contribution in [0.1, 0.15) is 264 Å². The molecule has 0 saturated carbocycles. The Bertz CT molecular complexity index is 1860. The number of nitrogens with zero attached hydrogens (tertiary/aromatic N) is 2. The number of carboxylic acids is 1. The summed E-state index contributed by atoms with van der Waals surface area (Å²) in [5.41, 5.74) is 26.0. The number of primary amides is 1. The summed E-state index contributed by atoms with van der Waals surface area (Å²) in [5.74, 6) is 2.70. The number of phenolic OH excluding ortho intramolecular Hbond substituents is 1. The quantitative estimate of drug-likeness (QED) is 0.0283. The summed E-state index contributed by atoms with van der Waals surface area (Å²) in [6.07, 6.45) is 20.7. The van der Waals surface area contributed by atoms with Crippen molar-refractivity contribution in [3.05, 3.63) is 120 Å². The van der Waals surface area contributed by atoms with Crippen LogP contribution < -0.4 is 22.9 Å². The Labute approximate surface area is 565 Å². The number of hydrogen-bond acceptors (Lipinski definition) is 10. The van der Waals surface area contributed by atoms with E-state index in [0.29, 0.717) is 12.2 Å². The van der Waals surface area contributed by atoms with E-state index in [4.69, 9.17) is 37.6 Å². The fourth-order valence-corrected chi connectivity index (χ4v) is 4.74. The summed E-state index contributed by atoms with van der Waals surface area (Å²) in [5, 5.41) is 34.2. The van der Waals surface area contributed by atoms with Crippen molar-refractivity contribution in [2.24, 2.45) is 33.8 Å². The Kier molecular flexibility index (Phi) is 165. The lowest BCUT2D eigenvalue weighted by atomic mass is 10.0. The number of aromatic hydroxyl groups is 1. The first-order valence-corrected chi connectivity index (χ1v) is 31.7. The van der Waals surface area contributed by atoms with Crippen LogP contribution in [0.4, 0.5) is 0 Å². The Morgan fingerprint density at radius 1 is 0.618 bits per heavy atom. The van der Waals surface area contributed by atoms with Gasteiger partial charge < -0.3 is 53.3 Å². The maximum absolute atomic E-state index is 9.59. The molecule has 1 amide bonds. The van der Waals surface area contributed by atoms with Gasteiger partial charge in [-0.3, -0.25) is 14.6 Å². The zero-order valence-electron chi connectivity index (χ0n) is 54.8. The third-order valence-electron chi connectivity index (χ3n) is 9.72. The van der Waals surface area contributed by atoms with Gasteiger partial charge in [0.2, 0.25) is 5.91 Å². The van der Waals surface area contributed by atoms with Crippen LogP contribution in [-0.4, -0.2) is 96.8 Å². The Morgan fingerprint density at radius 3 is 1.20 bits per heavy atom. The van der Waals surface area contributed by atoms with E-state index in [1.807, 2.05) is 70.8 Å². The standard InChI is InChI=1S/C10H11N.C8H10O.C8H10.C7H16.C5H8N2.C5H12O.C4H11N3.C3H7NO.C3H6O2.C3H8S.C3H8.C2H7N.C2H6O.C2H6S.8CH4/c1-2-8-7-11-10-6-4-3-5-9(8)10;1-2-7-3-5-8(9)6-4-7;1-2-8-6-4-3-5-7-8;1-4-7(5-2)6-3;1-2-5-3-6-4-7-5;1-3-5(6)4-2;1-2-3-7-4(5)6;2*1-2-3(4)5;1-3-4-2;1-3-2;3*1-2-3;;;;;;;;/h3-7,11H,2H2,1H3;3-6,9H,2H2,1H3;3-7H,2H2,1H3;7H,4-6H2,1-3H3;3-4H,2H2,1H3,(H,6,7);5-6H,3-4H2,1-2H3;2-3H2,1H3,(H4,5,6,7);2H2,1H3,(H2,4,5);2H2,1H3,(H,4,5);3H2,1-2H3;3H2,1-2H3;2-3H2,1H3;2*3H,2H2,1H3;8*1H4. The number of benzene rings is 3. The number of carboxylic acid groups (broad SMARTS) is 1. The summed E-state index contributed by atoms with van der Waals surface area (Å²) in [7, 11) is 0. The van der Waals surface area contributed by atoms with Crippen LogP contribution in [-0.2, 0) is 35.3 Å². The van der Waals surface area contributed by atoms with Crippen molar-refractivity contribution in [1.82, 2.24) is 15.0 Å². The van der Waals surface area contributed by atoms with E-state index in [0.717, 1.165) is 69.7 Å². The van der Waals surface area contributed by atoms with Crippen LogP contribution in [0.25, 0.3) is 10.9 Å². The molecule has 0 fully saturated rings. The topological polar surface area (TPSA) is 276 Å². The van der Waals surface area contributed by atoms with Gasteiger partial charge in [-0.1, -0.05) is 263 Å². The number of aliphatic hydroxyl groups excluding tert-OH is 2. The molecule has 538 valence electrons. The van der Waals surface area contributed by atoms with Crippen molar-refractivity contribution in [2.75, 3.05) is 37.5 Å². The van der Waals surface area contributed by atoms with Gasteiger partial charge in [-0.05, 0) is 117 Å². The summed E-state index contributed by atoms with van der Waals surface area (Å²) in [4.78, 5) is 32.7. The molecule has 5 rings (SSSR count). The minimum Gasteiger partial charge on any atom is -0.508 e. The van der Waals surface area contributed by atoms with Gasteiger partial charge >= 0.3 is 5.97 Å². The largest absolute Gasteiger partial charge is 0.508 e. The Hall–Kier alpha value is -5.00. The molecule has 0 saturated heterocycles. The number of guanidine groups is 1. The zero-order chi connectivity index (χ0) is 64.5. The molecule has 16 heteroatoms. The lowest BCUT2D eigenvalue weighted by Crippen LogP contribution is -2.22. The molecular formula is C73H158N8O6S2.